The number of aryl methyl sites for hydroxylation is 1. The van der Waals surface area contributed by atoms with Gasteiger partial charge in [-0.2, -0.15) is 0 Å². The summed E-state index contributed by atoms with van der Waals surface area (Å²) in [5.41, 5.74) is 0.917. The van der Waals surface area contributed by atoms with Gasteiger partial charge in [0.15, 0.2) is 0 Å². The monoisotopic (exact) mass is 300 g/mol. The van der Waals surface area contributed by atoms with Gasteiger partial charge in [-0.15, -0.1) is 0 Å². The summed E-state index contributed by atoms with van der Waals surface area (Å²) in [6.45, 7) is 7.15. The highest BCUT2D eigenvalue weighted by atomic mass is 32.2. The molecule has 0 saturated heterocycles. The van der Waals surface area contributed by atoms with Crippen LogP contribution in [0.3, 0.4) is 0 Å². The summed E-state index contributed by atoms with van der Waals surface area (Å²) in [6.07, 6.45) is 3.00. The quantitative estimate of drug-likeness (QED) is 0.759. The normalized spacial score (nSPS) is 11.4. The summed E-state index contributed by atoms with van der Waals surface area (Å²) in [6, 6.07) is 0. The van der Waals surface area contributed by atoms with Crippen molar-refractivity contribution in [2.24, 2.45) is 0 Å². The number of aromatic nitrogens is 2. The molecule has 1 rings (SSSR count). The smallest absolute Gasteiger partial charge is 0.149 e. The van der Waals surface area contributed by atoms with Crippen molar-refractivity contribution in [3.8, 4) is 0 Å². The largest absolute Gasteiger partial charge is 0.370 e. The van der Waals surface area contributed by atoms with E-state index in [1.54, 1.807) is 0 Å². The molecular formula is C13H24N4O2S. The second-order valence-corrected chi connectivity index (χ2v) is 7.06. The molecule has 7 heteroatoms. The summed E-state index contributed by atoms with van der Waals surface area (Å²) in [5, 5.41) is 6.31. The first-order valence-electron chi connectivity index (χ1n) is 6.90. The van der Waals surface area contributed by atoms with Gasteiger partial charge in [0.05, 0.1) is 5.75 Å². The van der Waals surface area contributed by atoms with Gasteiger partial charge in [0.2, 0.25) is 0 Å². The Morgan fingerprint density at radius 1 is 1.10 bits per heavy atom. The van der Waals surface area contributed by atoms with E-state index in [4.69, 9.17) is 0 Å². The van der Waals surface area contributed by atoms with Gasteiger partial charge in [-0.05, 0) is 20.3 Å². The van der Waals surface area contributed by atoms with E-state index < -0.39 is 9.84 Å². The Labute approximate surface area is 121 Å². The maximum absolute atomic E-state index is 11.2. The Morgan fingerprint density at radius 3 is 2.20 bits per heavy atom. The number of hydrogen-bond donors (Lipinski definition) is 2. The van der Waals surface area contributed by atoms with Crippen molar-refractivity contribution in [1.29, 1.82) is 0 Å². The number of sulfone groups is 1. The third-order valence-corrected chi connectivity index (χ3v) is 3.72. The van der Waals surface area contributed by atoms with Crippen LogP contribution in [0.4, 0.5) is 11.6 Å². The molecule has 0 unspecified atom stereocenters. The van der Waals surface area contributed by atoms with Crippen LogP contribution in [0.15, 0.2) is 0 Å². The Balaban J connectivity index is 2.91. The lowest BCUT2D eigenvalue weighted by Crippen LogP contribution is -2.17. The number of nitrogens with one attached hydrogen (secondary N) is 2. The molecule has 2 N–H and O–H groups in total. The molecule has 0 aliphatic rings. The molecule has 0 radical (unpaired) electrons. The summed E-state index contributed by atoms with van der Waals surface area (Å²) in [7, 11) is -2.97. The number of nitrogens with zero attached hydrogens (tertiary/aromatic N) is 2. The van der Waals surface area contributed by atoms with Crippen molar-refractivity contribution in [2.75, 3.05) is 35.7 Å². The highest BCUT2D eigenvalue weighted by Crippen LogP contribution is 2.20. The van der Waals surface area contributed by atoms with Crippen molar-refractivity contribution >= 4 is 21.5 Å². The predicted octanol–water partition coefficient (Wildman–Crippen LogP) is 1.63. The number of anilines is 2. The second-order valence-electron chi connectivity index (χ2n) is 4.80. The lowest BCUT2D eigenvalue weighted by molar-refractivity contribution is 0.602. The second kappa shape index (κ2) is 7.42. The summed E-state index contributed by atoms with van der Waals surface area (Å²) >= 11 is 0. The molecule has 1 aromatic heterocycles. The van der Waals surface area contributed by atoms with Gasteiger partial charge in [0.25, 0.3) is 0 Å². The molecule has 6 nitrogen and oxygen atoms in total. The Bertz CT molecular complexity index is 544. The maximum Gasteiger partial charge on any atom is 0.149 e. The summed E-state index contributed by atoms with van der Waals surface area (Å²) in [4.78, 5) is 8.96. The van der Waals surface area contributed by atoms with Crippen LogP contribution in [-0.2, 0) is 16.3 Å². The van der Waals surface area contributed by atoms with E-state index in [0.29, 0.717) is 12.4 Å². The molecule has 0 aliphatic heterocycles. The van der Waals surface area contributed by atoms with Crippen molar-refractivity contribution in [1.82, 2.24) is 9.97 Å². The van der Waals surface area contributed by atoms with E-state index in [9.17, 15) is 8.42 Å². The first kappa shape index (κ1) is 16.7. The molecule has 0 aromatic carbocycles. The van der Waals surface area contributed by atoms with E-state index >= 15 is 0 Å². The van der Waals surface area contributed by atoms with Gasteiger partial charge in [-0.25, -0.2) is 18.4 Å². The minimum atomic E-state index is -2.97. The van der Waals surface area contributed by atoms with Crippen LogP contribution in [-0.4, -0.2) is 43.5 Å². The summed E-state index contributed by atoms with van der Waals surface area (Å²) in [5.74, 6) is 2.39. The maximum atomic E-state index is 11.2. The van der Waals surface area contributed by atoms with Gasteiger partial charge >= 0.3 is 0 Å². The van der Waals surface area contributed by atoms with Gasteiger partial charge in [-0.3, -0.25) is 0 Å². The molecule has 1 heterocycles. The van der Waals surface area contributed by atoms with Gasteiger partial charge in [-0.1, -0.05) is 6.92 Å². The first-order valence-corrected chi connectivity index (χ1v) is 8.96. The van der Waals surface area contributed by atoms with Crippen LogP contribution >= 0.6 is 0 Å². The van der Waals surface area contributed by atoms with E-state index in [-0.39, 0.29) is 5.75 Å². The van der Waals surface area contributed by atoms with E-state index in [0.717, 1.165) is 36.6 Å². The first-order chi connectivity index (χ1) is 9.37. The van der Waals surface area contributed by atoms with Crippen molar-refractivity contribution < 1.29 is 8.42 Å². The highest BCUT2D eigenvalue weighted by molar-refractivity contribution is 7.90. The average molecular weight is 300 g/mol. The minimum Gasteiger partial charge on any atom is -0.370 e. The standard InChI is InChI=1S/C13H24N4O2S/c1-5-7-11-16-12(14-6-2)10(3)13(17-11)15-8-9-20(4,18)19/h5-9H2,1-4H3,(H2,14,15,16,17). The van der Waals surface area contributed by atoms with Crippen molar-refractivity contribution in [3.05, 3.63) is 11.4 Å². The van der Waals surface area contributed by atoms with Crippen LogP contribution in [0.2, 0.25) is 0 Å². The fourth-order valence-corrected chi connectivity index (χ4v) is 2.24. The molecule has 0 saturated carbocycles. The van der Waals surface area contributed by atoms with Crippen molar-refractivity contribution in [3.63, 3.8) is 0 Å². The molecule has 0 atom stereocenters. The number of rotatable bonds is 8. The third kappa shape index (κ3) is 5.32. The number of hydrogen-bond acceptors (Lipinski definition) is 6. The lowest BCUT2D eigenvalue weighted by Gasteiger charge is -2.14. The Morgan fingerprint density at radius 2 is 1.70 bits per heavy atom. The van der Waals surface area contributed by atoms with Gasteiger partial charge < -0.3 is 10.6 Å². The highest BCUT2D eigenvalue weighted by Gasteiger charge is 2.10. The molecule has 0 bridgehead atoms. The molecule has 0 fully saturated rings. The van der Waals surface area contributed by atoms with Crippen LogP contribution in [0.1, 0.15) is 31.7 Å². The fraction of sp³-hybridized carbons (Fsp3) is 0.692. The van der Waals surface area contributed by atoms with Crippen LogP contribution in [0.25, 0.3) is 0 Å². The van der Waals surface area contributed by atoms with E-state index in [2.05, 4.69) is 27.5 Å². The topological polar surface area (TPSA) is 84.0 Å². The average Bonchev–Trinajstić information content (AvgIpc) is 2.33. The minimum absolute atomic E-state index is 0.0933. The fourth-order valence-electron chi connectivity index (χ4n) is 1.76. The molecule has 0 aliphatic carbocycles. The van der Waals surface area contributed by atoms with Crippen molar-refractivity contribution in [2.45, 2.75) is 33.6 Å². The van der Waals surface area contributed by atoms with Crippen LogP contribution < -0.4 is 10.6 Å². The zero-order chi connectivity index (χ0) is 15.2. The Hall–Kier alpha value is -1.37. The molecule has 0 spiro atoms. The van der Waals surface area contributed by atoms with Crippen LogP contribution in [0, 0.1) is 6.92 Å². The zero-order valence-electron chi connectivity index (χ0n) is 12.7. The molecule has 1 aromatic rings. The van der Waals surface area contributed by atoms with Crippen LogP contribution in [0.5, 0.6) is 0 Å². The Kier molecular flexibility index (Phi) is 6.19. The lowest BCUT2D eigenvalue weighted by atomic mass is 10.2. The molecular weight excluding hydrogens is 276 g/mol. The predicted molar refractivity (Wildman–Crippen MR) is 83.1 cm³/mol. The van der Waals surface area contributed by atoms with Gasteiger partial charge in [0, 0.05) is 31.3 Å². The molecule has 20 heavy (non-hydrogen) atoms. The SMILES string of the molecule is CCCc1nc(NCC)c(C)c(NCCS(C)(=O)=O)n1. The molecule has 114 valence electrons. The van der Waals surface area contributed by atoms with E-state index in [1.807, 2.05) is 13.8 Å². The third-order valence-electron chi connectivity index (χ3n) is 2.78. The van der Waals surface area contributed by atoms with Gasteiger partial charge in [0.1, 0.15) is 27.3 Å². The molecule has 0 amide bonds. The zero-order valence-corrected chi connectivity index (χ0v) is 13.5. The van der Waals surface area contributed by atoms with E-state index in [1.165, 1.54) is 6.26 Å². The summed E-state index contributed by atoms with van der Waals surface area (Å²) < 4.78 is 22.3.